The SMILES string of the molecule is Cc1cc(N)c(NS(=O)(=O)c2ccccc2Cl)cc1C. The van der Waals surface area contributed by atoms with Gasteiger partial charge in [-0.2, -0.15) is 0 Å². The normalized spacial score (nSPS) is 11.3. The molecule has 6 heteroatoms. The second kappa shape index (κ2) is 5.34. The van der Waals surface area contributed by atoms with Gasteiger partial charge in [0.2, 0.25) is 0 Å². The number of hydrogen-bond acceptors (Lipinski definition) is 3. The van der Waals surface area contributed by atoms with Crippen LogP contribution in [-0.2, 0) is 10.0 Å². The van der Waals surface area contributed by atoms with Gasteiger partial charge in [-0.1, -0.05) is 23.7 Å². The average Bonchev–Trinajstić information content (AvgIpc) is 2.36. The predicted octanol–water partition coefficient (Wildman–Crippen LogP) is 3.34. The lowest BCUT2D eigenvalue weighted by atomic mass is 10.1. The third-order valence-electron chi connectivity index (χ3n) is 3.04. The van der Waals surface area contributed by atoms with Crippen molar-refractivity contribution in [2.24, 2.45) is 0 Å². The summed E-state index contributed by atoms with van der Waals surface area (Å²) in [6.07, 6.45) is 0. The highest BCUT2D eigenvalue weighted by molar-refractivity contribution is 7.92. The van der Waals surface area contributed by atoms with E-state index in [0.29, 0.717) is 11.4 Å². The Kier molecular flexibility index (Phi) is 3.92. The van der Waals surface area contributed by atoms with Crippen molar-refractivity contribution in [3.05, 3.63) is 52.5 Å². The summed E-state index contributed by atoms with van der Waals surface area (Å²) in [6, 6.07) is 9.70. The topological polar surface area (TPSA) is 72.2 Å². The standard InChI is InChI=1S/C14H15ClN2O2S/c1-9-7-12(16)13(8-10(9)2)17-20(18,19)14-6-4-3-5-11(14)15/h3-8,17H,16H2,1-2H3. The molecular weight excluding hydrogens is 296 g/mol. The summed E-state index contributed by atoms with van der Waals surface area (Å²) in [5, 5.41) is 0.169. The van der Waals surface area contributed by atoms with Gasteiger partial charge in [0.1, 0.15) is 4.90 Å². The molecule has 0 amide bonds. The summed E-state index contributed by atoms with van der Waals surface area (Å²) in [5.74, 6) is 0. The summed E-state index contributed by atoms with van der Waals surface area (Å²) >= 11 is 5.92. The fraction of sp³-hybridized carbons (Fsp3) is 0.143. The van der Waals surface area contributed by atoms with E-state index in [4.69, 9.17) is 17.3 Å². The predicted molar refractivity (Wildman–Crippen MR) is 82.6 cm³/mol. The first-order valence-electron chi connectivity index (χ1n) is 5.95. The molecule has 0 atom stereocenters. The largest absolute Gasteiger partial charge is 0.397 e. The van der Waals surface area contributed by atoms with E-state index < -0.39 is 10.0 Å². The first-order chi connectivity index (χ1) is 9.31. The van der Waals surface area contributed by atoms with E-state index in [0.717, 1.165) is 11.1 Å². The maximum atomic E-state index is 12.3. The molecule has 2 rings (SSSR count). The van der Waals surface area contributed by atoms with Crippen LogP contribution in [0, 0.1) is 13.8 Å². The van der Waals surface area contributed by atoms with Gasteiger partial charge in [0, 0.05) is 0 Å². The van der Waals surface area contributed by atoms with Crippen LogP contribution >= 0.6 is 11.6 Å². The number of nitrogens with one attached hydrogen (secondary N) is 1. The van der Waals surface area contributed by atoms with E-state index in [9.17, 15) is 8.42 Å². The van der Waals surface area contributed by atoms with Crippen molar-refractivity contribution in [2.75, 3.05) is 10.5 Å². The molecule has 20 heavy (non-hydrogen) atoms. The fourth-order valence-electron chi connectivity index (χ4n) is 1.79. The molecule has 2 aromatic rings. The van der Waals surface area contributed by atoms with Crippen molar-refractivity contribution < 1.29 is 8.42 Å². The second-order valence-electron chi connectivity index (χ2n) is 4.56. The van der Waals surface area contributed by atoms with Crippen LogP contribution in [0.1, 0.15) is 11.1 Å². The van der Waals surface area contributed by atoms with Crippen molar-refractivity contribution in [1.82, 2.24) is 0 Å². The van der Waals surface area contributed by atoms with Gasteiger partial charge in [0.05, 0.1) is 16.4 Å². The summed E-state index contributed by atoms with van der Waals surface area (Å²) in [7, 11) is -3.76. The minimum Gasteiger partial charge on any atom is -0.397 e. The fourth-order valence-corrected chi connectivity index (χ4v) is 3.39. The van der Waals surface area contributed by atoms with E-state index in [1.807, 2.05) is 13.8 Å². The molecule has 3 N–H and O–H groups in total. The molecule has 0 heterocycles. The molecule has 106 valence electrons. The van der Waals surface area contributed by atoms with Crippen LogP contribution < -0.4 is 10.5 Å². The Morgan fingerprint density at radius 3 is 2.35 bits per heavy atom. The van der Waals surface area contributed by atoms with Crippen LogP contribution in [0.25, 0.3) is 0 Å². The molecule has 4 nitrogen and oxygen atoms in total. The molecule has 0 radical (unpaired) electrons. The molecule has 0 spiro atoms. The molecule has 0 aliphatic rings. The molecular formula is C14H15ClN2O2S. The first kappa shape index (κ1) is 14.7. The van der Waals surface area contributed by atoms with Crippen molar-refractivity contribution in [3.63, 3.8) is 0 Å². The minimum atomic E-state index is -3.76. The highest BCUT2D eigenvalue weighted by atomic mass is 35.5. The monoisotopic (exact) mass is 310 g/mol. The molecule has 0 fully saturated rings. The number of hydrogen-bond donors (Lipinski definition) is 2. The minimum absolute atomic E-state index is 0.0271. The number of anilines is 2. The van der Waals surface area contributed by atoms with Crippen LogP contribution in [0.5, 0.6) is 0 Å². The smallest absolute Gasteiger partial charge is 0.263 e. The lowest BCUT2D eigenvalue weighted by Crippen LogP contribution is -2.15. The average molecular weight is 311 g/mol. The Morgan fingerprint density at radius 1 is 1.10 bits per heavy atom. The zero-order valence-corrected chi connectivity index (χ0v) is 12.7. The zero-order valence-electron chi connectivity index (χ0n) is 11.1. The quantitative estimate of drug-likeness (QED) is 0.854. The third kappa shape index (κ3) is 2.89. The number of benzene rings is 2. The number of nitrogen functional groups attached to an aromatic ring is 1. The molecule has 0 saturated heterocycles. The number of rotatable bonds is 3. The van der Waals surface area contributed by atoms with E-state index in [-0.39, 0.29) is 9.92 Å². The Labute approximate surface area is 123 Å². The van der Waals surface area contributed by atoms with Crippen molar-refractivity contribution >= 4 is 33.0 Å². The summed E-state index contributed by atoms with van der Waals surface area (Å²) in [5.41, 5.74) is 8.54. The van der Waals surface area contributed by atoms with Gasteiger partial charge in [0.25, 0.3) is 10.0 Å². The molecule has 0 bridgehead atoms. The van der Waals surface area contributed by atoms with Crippen LogP contribution in [0.15, 0.2) is 41.3 Å². The molecule has 0 saturated carbocycles. The van der Waals surface area contributed by atoms with E-state index >= 15 is 0 Å². The molecule has 0 unspecified atom stereocenters. The lowest BCUT2D eigenvalue weighted by molar-refractivity contribution is 0.601. The molecule has 0 aliphatic carbocycles. The maximum Gasteiger partial charge on any atom is 0.263 e. The number of aryl methyl sites for hydroxylation is 2. The Balaban J connectivity index is 2.44. The first-order valence-corrected chi connectivity index (χ1v) is 7.81. The van der Waals surface area contributed by atoms with Gasteiger partial charge in [0.15, 0.2) is 0 Å². The van der Waals surface area contributed by atoms with Crippen LogP contribution in [-0.4, -0.2) is 8.42 Å². The zero-order chi connectivity index (χ0) is 14.9. The Morgan fingerprint density at radius 2 is 1.70 bits per heavy atom. The van der Waals surface area contributed by atoms with E-state index in [1.54, 1.807) is 24.3 Å². The Hall–Kier alpha value is -1.72. The van der Waals surface area contributed by atoms with Crippen molar-refractivity contribution in [1.29, 1.82) is 0 Å². The van der Waals surface area contributed by atoms with E-state index in [1.165, 1.54) is 12.1 Å². The van der Waals surface area contributed by atoms with E-state index in [2.05, 4.69) is 4.72 Å². The van der Waals surface area contributed by atoms with Crippen LogP contribution in [0.4, 0.5) is 11.4 Å². The highest BCUT2D eigenvalue weighted by Gasteiger charge is 2.18. The van der Waals surface area contributed by atoms with Gasteiger partial charge in [-0.25, -0.2) is 8.42 Å². The van der Waals surface area contributed by atoms with Gasteiger partial charge >= 0.3 is 0 Å². The maximum absolute atomic E-state index is 12.3. The second-order valence-corrected chi connectivity index (χ2v) is 6.62. The van der Waals surface area contributed by atoms with Crippen molar-refractivity contribution in [2.45, 2.75) is 18.7 Å². The van der Waals surface area contributed by atoms with Crippen LogP contribution in [0.3, 0.4) is 0 Å². The van der Waals surface area contributed by atoms with Gasteiger partial charge in [-0.3, -0.25) is 4.72 Å². The number of nitrogens with two attached hydrogens (primary N) is 1. The van der Waals surface area contributed by atoms with Gasteiger partial charge < -0.3 is 5.73 Å². The van der Waals surface area contributed by atoms with Crippen molar-refractivity contribution in [3.8, 4) is 0 Å². The van der Waals surface area contributed by atoms with Crippen LogP contribution in [0.2, 0.25) is 5.02 Å². The number of sulfonamides is 1. The third-order valence-corrected chi connectivity index (χ3v) is 4.90. The summed E-state index contributed by atoms with van der Waals surface area (Å²) in [6.45, 7) is 3.81. The van der Waals surface area contributed by atoms with Gasteiger partial charge in [-0.15, -0.1) is 0 Å². The Bertz CT molecular complexity index is 758. The lowest BCUT2D eigenvalue weighted by Gasteiger charge is -2.13. The van der Waals surface area contributed by atoms with Gasteiger partial charge in [-0.05, 0) is 49.2 Å². The summed E-state index contributed by atoms with van der Waals surface area (Å²) < 4.78 is 27.1. The highest BCUT2D eigenvalue weighted by Crippen LogP contribution is 2.28. The number of halogens is 1. The summed E-state index contributed by atoms with van der Waals surface area (Å²) in [4.78, 5) is 0.0271. The molecule has 0 aliphatic heterocycles. The molecule has 0 aromatic heterocycles. The molecule has 2 aromatic carbocycles.